The number of benzene rings is 1. The molecule has 0 amide bonds. The molecule has 0 radical (unpaired) electrons. The molecule has 8 heteroatoms. The lowest BCUT2D eigenvalue weighted by atomic mass is 10.1. The van der Waals surface area contributed by atoms with E-state index in [-0.39, 0.29) is 34.2 Å². The van der Waals surface area contributed by atoms with Gasteiger partial charge in [0.15, 0.2) is 0 Å². The second kappa shape index (κ2) is 9.17. The summed E-state index contributed by atoms with van der Waals surface area (Å²) in [6.45, 7) is 1.62. The first-order valence-corrected chi connectivity index (χ1v) is 9.16. The van der Waals surface area contributed by atoms with Gasteiger partial charge in [-0.05, 0) is 30.7 Å². The maximum atomic E-state index is 12.0. The van der Waals surface area contributed by atoms with E-state index in [0.29, 0.717) is 0 Å². The summed E-state index contributed by atoms with van der Waals surface area (Å²) in [5.41, 5.74) is 6.99. The van der Waals surface area contributed by atoms with E-state index in [1.807, 2.05) is 30.3 Å². The van der Waals surface area contributed by atoms with E-state index in [4.69, 9.17) is 15.2 Å². The first kappa shape index (κ1) is 19.7. The second-order valence-corrected chi connectivity index (χ2v) is 6.94. The number of thiophene rings is 1. The van der Waals surface area contributed by atoms with Crippen LogP contribution in [0.3, 0.4) is 0 Å². The molecule has 0 aliphatic carbocycles. The van der Waals surface area contributed by atoms with Crippen molar-refractivity contribution in [2.75, 3.05) is 12.3 Å². The summed E-state index contributed by atoms with van der Waals surface area (Å²) < 4.78 is 11.0. The molecule has 2 rings (SSSR count). The van der Waals surface area contributed by atoms with Crippen LogP contribution in [0.2, 0.25) is 0 Å². The van der Waals surface area contributed by atoms with Gasteiger partial charge in [0.2, 0.25) is 0 Å². The van der Waals surface area contributed by atoms with Gasteiger partial charge in [0.05, 0.1) is 12.2 Å². The zero-order valence-electron chi connectivity index (χ0n) is 13.8. The number of rotatable bonds is 6. The van der Waals surface area contributed by atoms with Crippen molar-refractivity contribution in [3.63, 3.8) is 0 Å². The van der Waals surface area contributed by atoms with Crippen LogP contribution >= 0.6 is 27.3 Å². The molecule has 134 valence electrons. The number of esters is 2. The lowest BCUT2D eigenvalue weighted by Crippen LogP contribution is -2.08. The molecule has 0 fully saturated rings. The van der Waals surface area contributed by atoms with Crippen molar-refractivity contribution in [3.05, 3.63) is 56.4 Å². The van der Waals surface area contributed by atoms with E-state index in [2.05, 4.69) is 15.9 Å². The number of nitrogen functional groups attached to an aromatic ring is 1. The molecule has 6 nitrogen and oxygen atoms in total. The fraction of sp³-hybridized carbons (Fsp3) is 0.167. The fourth-order valence-corrected chi connectivity index (χ4v) is 3.22. The van der Waals surface area contributed by atoms with Gasteiger partial charge >= 0.3 is 11.9 Å². The number of carbonyl (C=O) groups excluding carboxylic acids is 2. The Labute approximate surface area is 163 Å². The lowest BCUT2D eigenvalue weighted by Gasteiger charge is -2.05. The molecule has 26 heavy (non-hydrogen) atoms. The summed E-state index contributed by atoms with van der Waals surface area (Å²) in [5.74, 6) is -1.20. The monoisotopic (exact) mass is 434 g/mol. The average molecular weight is 435 g/mol. The molecule has 0 atom stereocenters. The topological polar surface area (TPSA) is 102 Å². The zero-order valence-corrected chi connectivity index (χ0v) is 16.2. The van der Waals surface area contributed by atoms with E-state index < -0.39 is 11.9 Å². The third kappa shape index (κ3) is 4.94. The number of halogens is 1. The minimum absolute atomic E-state index is 0.128. The van der Waals surface area contributed by atoms with Gasteiger partial charge in [0.25, 0.3) is 0 Å². The maximum Gasteiger partial charge on any atom is 0.348 e. The maximum absolute atomic E-state index is 12.0. The Morgan fingerprint density at radius 1 is 1.31 bits per heavy atom. The van der Waals surface area contributed by atoms with Crippen LogP contribution in [0.1, 0.15) is 33.3 Å². The van der Waals surface area contributed by atoms with Crippen molar-refractivity contribution in [3.8, 4) is 6.07 Å². The Kier molecular flexibility index (Phi) is 6.95. The lowest BCUT2D eigenvalue weighted by molar-refractivity contribution is -0.138. The SMILES string of the molecule is CCOC(=O)c1sc(N)c(C#N)c1COC(=O)/C=C/c1ccc(Br)cc1. The quantitative estimate of drug-likeness (QED) is 0.546. The molecule has 0 aliphatic heterocycles. The number of nitriles is 1. The predicted molar refractivity (Wildman–Crippen MR) is 102 cm³/mol. The molecule has 2 aromatic rings. The third-order valence-corrected chi connectivity index (χ3v) is 4.82. The van der Waals surface area contributed by atoms with E-state index in [0.717, 1.165) is 21.4 Å². The Morgan fingerprint density at radius 2 is 2.00 bits per heavy atom. The summed E-state index contributed by atoms with van der Waals surface area (Å²) in [6.07, 6.45) is 2.88. The Balaban J connectivity index is 2.10. The molecule has 0 saturated heterocycles. The van der Waals surface area contributed by atoms with Crippen LogP contribution in [0.25, 0.3) is 6.08 Å². The fourth-order valence-electron chi connectivity index (χ4n) is 2.04. The van der Waals surface area contributed by atoms with Crippen LogP contribution in [0, 0.1) is 11.3 Å². The van der Waals surface area contributed by atoms with Crippen LogP contribution in [0.4, 0.5) is 5.00 Å². The van der Waals surface area contributed by atoms with Crippen LogP contribution in [-0.2, 0) is 20.9 Å². The summed E-state index contributed by atoms with van der Waals surface area (Å²) in [4.78, 5) is 24.1. The molecule has 0 spiro atoms. The molecule has 0 bridgehead atoms. The highest BCUT2D eigenvalue weighted by Crippen LogP contribution is 2.31. The van der Waals surface area contributed by atoms with E-state index in [9.17, 15) is 14.9 Å². The Bertz CT molecular complexity index is 882. The molecule has 1 aromatic carbocycles. The van der Waals surface area contributed by atoms with Gasteiger partial charge in [-0.1, -0.05) is 28.1 Å². The Morgan fingerprint density at radius 3 is 2.62 bits per heavy atom. The van der Waals surface area contributed by atoms with E-state index in [1.54, 1.807) is 13.0 Å². The predicted octanol–water partition coefficient (Wildman–Crippen LogP) is 3.90. The first-order valence-electron chi connectivity index (χ1n) is 7.55. The van der Waals surface area contributed by atoms with Crippen molar-refractivity contribution in [1.82, 2.24) is 0 Å². The average Bonchev–Trinajstić information content (AvgIpc) is 2.95. The second-order valence-electron chi connectivity index (χ2n) is 4.97. The number of anilines is 1. The van der Waals surface area contributed by atoms with E-state index in [1.165, 1.54) is 6.08 Å². The highest BCUT2D eigenvalue weighted by Gasteiger charge is 2.23. The minimum atomic E-state index is -0.601. The third-order valence-electron chi connectivity index (χ3n) is 3.25. The molecule has 0 unspecified atom stereocenters. The molecule has 1 heterocycles. The van der Waals surface area contributed by atoms with Gasteiger partial charge in [0, 0.05) is 16.1 Å². The number of nitrogens with zero attached hydrogens (tertiary/aromatic N) is 1. The molecule has 2 N–H and O–H groups in total. The number of hydrogen-bond donors (Lipinski definition) is 1. The van der Waals surface area contributed by atoms with Crippen molar-refractivity contribution < 1.29 is 19.1 Å². The number of carbonyl (C=O) groups is 2. The summed E-state index contributed by atoms with van der Waals surface area (Å²) >= 11 is 4.28. The van der Waals surface area contributed by atoms with Gasteiger partial charge in [-0.2, -0.15) is 5.26 Å². The van der Waals surface area contributed by atoms with Crippen molar-refractivity contribution in [2.24, 2.45) is 0 Å². The number of nitrogens with two attached hydrogens (primary N) is 1. The standard InChI is InChI=1S/C18H15BrN2O4S/c1-2-24-18(23)16-14(13(9-20)17(21)26-16)10-25-15(22)8-5-11-3-6-12(19)7-4-11/h3-8H,2,10,21H2,1H3/b8-5+. The molecular weight excluding hydrogens is 420 g/mol. The summed E-state index contributed by atoms with van der Waals surface area (Å²) in [6, 6.07) is 9.30. The van der Waals surface area contributed by atoms with Gasteiger partial charge in [-0.3, -0.25) is 0 Å². The zero-order chi connectivity index (χ0) is 19.1. The molecule has 1 aromatic heterocycles. The largest absolute Gasteiger partial charge is 0.462 e. The van der Waals surface area contributed by atoms with Crippen LogP contribution in [0.5, 0.6) is 0 Å². The van der Waals surface area contributed by atoms with Crippen LogP contribution in [0.15, 0.2) is 34.8 Å². The van der Waals surface area contributed by atoms with Crippen molar-refractivity contribution in [2.45, 2.75) is 13.5 Å². The van der Waals surface area contributed by atoms with Crippen LogP contribution < -0.4 is 5.73 Å². The van der Waals surface area contributed by atoms with E-state index >= 15 is 0 Å². The highest BCUT2D eigenvalue weighted by atomic mass is 79.9. The smallest absolute Gasteiger partial charge is 0.348 e. The minimum Gasteiger partial charge on any atom is -0.462 e. The van der Waals surface area contributed by atoms with Crippen molar-refractivity contribution >= 4 is 50.3 Å². The van der Waals surface area contributed by atoms with Crippen molar-refractivity contribution in [1.29, 1.82) is 5.26 Å². The first-order chi connectivity index (χ1) is 12.5. The molecular formula is C18H15BrN2O4S. The van der Waals surface area contributed by atoms with Gasteiger partial charge < -0.3 is 15.2 Å². The van der Waals surface area contributed by atoms with Gasteiger partial charge in [0.1, 0.15) is 22.6 Å². The summed E-state index contributed by atoms with van der Waals surface area (Å²) in [5, 5.41) is 9.42. The summed E-state index contributed by atoms with van der Waals surface area (Å²) in [7, 11) is 0. The van der Waals surface area contributed by atoms with Gasteiger partial charge in [-0.15, -0.1) is 11.3 Å². The highest BCUT2D eigenvalue weighted by molar-refractivity contribution is 9.10. The molecule has 0 aliphatic rings. The number of ether oxygens (including phenoxy) is 2. The van der Waals surface area contributed by atoms with Crippen LogP contribution in [-0.4, -0.2) is 18.5 Å². The number of hydrogen-bond acceptors (Lipinski definition) is 7. The normalized spacial score (nSPS) is 10.5. The Hall–Kier alpha value is -2.63. The molecule has 0 saturated carbocycles. The van der Waals surface area contributed by atoms with Gasteiger partial charge in [-0.25, -0.2) is 9.59 Å².